The maximum absolute atomic E-state index is 13.4. The van der Waals surface area contributed by atoms with Crippen molar-refractivity contribution in [2.75, 3.05) is 39.9 Å². The molecule has 1 saturated heterocycles. The van der Waals surface area contributed by atoms with Gasteiger partial charge >= 0.3 is 0 Å². The molecule has 32 heavy (non-hydrogen) atoms. The molecule has 0 radical (unpaired) electrons. The Kier molecular flexibility index (Phi) is 7.02. The van der Waals surface area contributed by atoms with Crippen molar-refractivity contribution in [3.63, 3.8) is 0 Å². The fourth-order valence-electron chi connectivity index (χ4n) is 3.73. The van der Waals surface area contributed by atoms with Crippen LogP contribution in [-0.4, -0.2) is 60.6 Å². The van der Waals surface area contributed by atoms with Crippen molar-refractivity contribution in [3.8, 4) is 22.1 Å². The quantitative estimate of drug-likeness (QED) is 0.531. The summed E-state index contributed by atoms with van der Waals surface area (Å²) in [6.07, 6.45) is 0. The molecule has 0 saturated carbocycles. The van der Waals surface area contributed by atoms with E-state index in [-0.39, 0.29) is 11.7 Å². The van der Waals surface area contributed by atoms with Gasteiger partial charge in [0.05, 0.1) is 19.4 Å². The highest BCUT2D eigenvalue weighted by Crippen LogP contribution is 2.34. The first kappa shape index (κ1) is 22.2. The second-order valence-corrected chi connectivity index (χ2v) is 8.38. The van der Waals surface area contributed by atoms with Crippen LogP contribution in [0.1, 0.15) is 23.0 Å². The number of hydrogen-bond acceptors (Lipinski definition) is 6. The summed E-state index contributed by atoms with van der Waals surface area (Å²) in [6.45, 7) is 5.99. The summed E-state index contributed by atoms with van der Waals surface area (Å²) >= 11 is 1.60. The van der Waals surface area contributed by atoms with Gasteiger partial charge in [-0.15, -0.1) is 11.3 Å². The molecule has 1 amide bonds. The summed E-state index contributed by atoms with van der Waals surface area (Å²) in [4.78, 5) is 21.5. The van der Waals surface area contributed by atoms with Gasteiger partial charge in [-0.1, -0.05) is 6.07 Å². The first-order chi connectivity index (χ1) is 15.6. The zero-order valence-corrected chi connectivity index (χ0v) is 19.0. The lowest BCUT2D eigenvalue weighted by atomic mass is 10.1. The summed E-state index contributed by atoms with van der Waals surface area (Å²) in [6, 6.07) is 11.7. The van der Waals surface area contributed by atoms with Gasteiger partial charge in [0.2, 0.25) is 0 Å². The van der Waals surface area contributed by atoms with E-state index in [0.29, 0.717) is 31.0 Å². The molecular formula is C24H26FN3O3S. The first-order valence-corrected chi connectivity index (χ1v) is 11.5. The minimum atomic E-state index is -0.390. The molecule has 0 bridgehead atoms. The number of piperazine rings is 1. The van der Waals surface area contributed by atoms with E-state index in [1.807, 2.05) is 25.1 Å². The lowest BCUT2D eigenvalue weighted by molar-refractivity contribution is 0.0627. The van der Waals surface area contributed by atoms with Crippen molar-refractivity contribution in [1.82, 2.24) is 14.8 Å². The number of methoxy groups -OCH3 is 1. The van der Waals surface area contributed by atoms with Gasteiger partial charge in [0.25, 0.3) is 5.91 Å². The van der Waals surface area contributed by atoms with Gasteiger partial charge in [-0.05, 0) is 43.3 Å². The summed E-state index contributed by atoms with van der Waals surface area (Å²) in [5.74, 6) is 0.907. The Hall–Kier alpha value is -2.97. The fraction of sp³-hybridized carbons (Fsp3) is 0.333. The first-order valence-electron chi connectivity index (χ1n) is 10.6. The Morgan fingerprint density at radius 1 is 1.12 bits per heavy atom. The van der Waals surface area contributed by atoms with Crippen LogP contribution in [0.15, 0.2) is 47.8 Å². The van der Waals surface area contributed by atoms with Crippen molar-refractivity contribution in [2.24, 2.45) is 0 Å². The maximum atomic E-state index is 13.4. The van der Waals surface area contributed by atoms with Crippen LogP contribution < -0.4 is 9.47 Å². The Morgan fingerprint density at radius 2 is 1.94 bits per heavy atom. The monoisotopic (exact) mass is 455 g/mol. The van der Waals surface area contributed by atoms with Gasteiger partial charge in [0.1, 0.15) is 10.8 Å². The predicted molar refractivity (Wildman–Crippen MR) is 123 cm³/mol. The highest BCUT2D eigenvalue weighted by Gasteiger charge is 2.23. The van der Waals surface area contributed by atoms with Gasteiger partial charge in [0, 0.05) is 49.2 Å². The number of aromatic nitrogens is 1. The predicted octanol–water partition coefficient (Wildman–Crippen LogP) is 4.31. The van der Waals surface area contributed by atoms with Crippen LogP contribution in [-0.2, 0) is 6.54 Å². The Bertz CT molecular complexity index is 1080. The molecular weight excluding hydrogens is 429 g/mol. The van der Waals surface area contributed by atoms with Gasteiger partial charge in [-0.25, -0.2) is 9.37 Å². The van der Waals surface area contributed by atoms with Crippen LogP contribution in [0, 0.1) is 5.82 Å². The summed E-state index contributed by atoms with van der Waals surface area (Å²) in [5.41, 5.74) is 2.39. The molecule has 8 heteroatoms. The van der Waals surface area contributed by atoms with E-state index in [0.717, 1.165) is 41.6 Å². The number of ether oxygens (including phenoxy) is 2. The number of carbonyl (C=O) groups is 1. The Balaban J connectivity index is 1.35. The SMILES string of the molecule is CCOc1ccc(-c2nc(CN3CCN(C(=O)c4cccc(F)c4)CC3)cs2)cc1OC. The second kappa shape index (κ2) is 10.1. The van der Waals surface area contributed by atoms with Crippen molar-refractivity contribution >= 4 is 17.2 Å². The van der Waals surface area contributed by atoms with Crippen molar-refractivity contribution in [2.45, 2.75) is 13.5 Å². The molecule has 3 aromatic rings. The van der Waals surface area contributed by atoms with E-state index in [1.54, 1.807) is 35.5 Å². The second-order valence-electron chi connectivity index (χ2n) is 7.52. The summed E-state index contributed by atoms with van der Waals surface area (Å²) in [5, 5.41) is 3.00. The molecule has 0 atom stereocenters. The molecule has 0 N–H and O–H groups in total. The van der Waals surface area contributed by atoms with E-state index in [4.69, 9.17) is 14.5 Å². The number of amides is 1. The molecule has 0 aliphatic carbocycles. The topological polar surface area (TPSA) is 54.9 Å². The van der Waals surface area contributed by atoms with Crippen LogP contribution in [0.2, 0.25) is 0 Å². The minimum absolute atomic E-state index is 0.121. The van der Waals surface area contributed by atoms with E-state index < -0.39 is 0 Å². The van der Waals surface area contributed by atoms with Gasteiger partial charge < -0.3 is 14.4 Å². The zero-order valence-electron chi connectivity index (χ0n) is 18.2. The molecule has 1 aliphatic heterocycles. The third-order valence-corrected chi connectivity index (χ3v) is 6.32. The Labute approximate surface area is 191 Å². The molecule has 1 aliphatic rings. The fourth-order valence-corrected chi connectivity index (χ4v) is 4.54. The number of thiazole rings is 1. The molecule has 1 aromatic heterocycles. The van der Waals surface area contributed by atoms with Crippen molar-refractivity contribution in [3.05, 3.63) is 64.9 Å². The van der Waals surface area contributed by atoms with E-state index >= 15 is 0 Å². The summed E-state index contributed by atoms with van der Waals surface area (Å²) < 4.78 is 24.5. The molecule has 2 aromatic carbocycles. The normalized spacial score (nSPS) is 14.4. The third kappa shape index (κ3) is 5.08. The number of hydrogen-bond donors (Lipinski definition) is 0. The molecule has 6 nitrogen and oxygen atoms in total. The highest BCUT2D eigenvalue weighted by atomic mass is 32.1. The molecule has 0 unspecified atom stereocenters. The summed E-state index contributed by atoms with van der Waals surface area (Å²) in [7, 11) is 1.63. The van der Waals surface area contributed by atoms with E-state index in [2.05, 4.69) is 10.3 Å². The van der Waals surface area contributed by atoms with E-state index in [9.17, 15) is 9.18 Å². The average molecular weight is 456 g/mol. The largest absolute Gasteiger partial charge is 0.493 e. The van der Waals surface area contributed by atoms with Crippen molar-refractivity contribution in [1.29, 1.82) is 0 Å². The Morgan fingerprint density at radius 3 is 2.66 bits per heavy atom. The minimum Gasteiger partial charge on any atom is -0.493 e. The molecule has 168 valence electrons. The molecule has 0 spiro atoms. The third-order valence-electron chi connectivity index (χ3n) is 5.38. The van der Waals surface area contributed by atoms with Crippen LogP contribution >= 0.6 is 11.3 Å². The average Bonchev–Trinajstić information content (AvgIpc) is 3.28. The highest BCUT2D eigenvalue weighted by molar-refractivity contribution is 7.13. The lowest BCUT2D eigenvalue weighted by Gasteiger charge is -2.34. The van der Waals surface area contributed by atoms with Gasteiger partial charge in [-0.3, -0.25) is 9.69 Å². The molecule has 4 rings (SSSR count). The van der Waals surface area contributed by atoms with Crippen LogP contribution in [0.4, 0.5) is 4.39 Å². The maximum Gasteiger partial charge on any atom is 0.254 e. The van der Waals surface area contributed by atoms with Gasteiger partial charge in [-0.2, -0.15) is 0 Å². The zero-order chi connectivity index (χ0) is 22.5. The van der Waals surface area contributed by atoms with Gasteiger partial charge in [0.15, 0.2) is 11.5 Å². The lowest BCUT2D eigenvalue weighted by Crippen LogP contribution is -2.48. The van der Waals surface area contributed by atoms with E-state index in [1.165, 1.54) is 12.1 Å². The standard InChI is InChI=1S/C24H26FN3O3S/c1-3-31-21-8-7-17(14-22(21)30-2)23-26-20(16-32-23)15-27-9-11-28(12-10-27)24(29)18-5-4-6-19(25)13-18/h4-8,13-14,16H,3,9-12,15H2,1-2H3. The smallest absolute Gasteiger partial charge is 0.254 e. The van der Waals surface area contributed by atoms with Crippen LogP contribution in [0.3, 0.4) is 0 Å². The number of nitrogens with zero attached hydrogens (tertiary/aromatic N) is 3. The number of rotatable bonds is 7. The number of carbonyl (C=O) groups excluding carboxylic acids is 1. The number of benzene rings is 2. The van der Waals surface area contributed by atoms with Crippen LogP contribution in [0.5, 0.6) is 11.5 Å². The van der Waals surface area contributed by atoms with Crippen LogP contribution in [0.25, 0.3) is 10.6 Å². The number of halogens is 1. The molecule has 1 fully saturated rings. The molecule has 2 heterocycles. The van der Waals surface area contributed by atoms with Crippen molar-refractivity contribution < 1.29 is 18.7 Å².